The molecule has 68 valence electrons. The van der Waals surface area contributed by atoms with Crippen LogP contribution in [0.2, 0.25) is 0 Å². The lowest BCUT2D eigenvalue weighted by molar-refractivity contribution is 0.273. The predicted octanol–water partition coefficient (Wildman–Crippen LogP) is 2.42. The molecule has 1 aromatic rings. The van der Waals surface area contributed by atoms with Crippen molar-refractivity contribution in [2.24, 2.45) is 0 Å². The van der Waals surface area contributed by atoms with Crippen LogP contribution >= 0.6 is 15.9 Å². The summed E-state index contributed by atoms with van der Waals surface area (Å²) in [6, 6.07) is 7.55. The third-order valence-corrected chi connectivity index (χ3v) is 2.35. The van der Waals surface area contributed by atoms with E-state index in [1.54, 1.807) is 12.1 Å². The first-order valence-electron chi connectivity index (χ1n) is 3.99. The Morgan fingerprint density at radius 3 is 2.77 bits per heavy atom. The Hall–Kier alpha value is -0.850. The fourth-order valence-electron chi connectivity index (χ4n) is 1.07. The molecule has 0 bridgehead atoms. The first-order chi connectivity index (χ1) is 6.17. The second-order valence-electron chi connectivity index (χ2n) is 2.97. The molecule has 0 aliphatic rings. The highest BCUT2D eigenvalue weighted by atomic mass is 79.9. The summed E-state index contributed by atoms with van der Waals surface area (Å²) >= 11 is 3.32. The van der Waals surface area contributed by atoms with Gasteiger partial charge in [0.15, 0.2) is 0 Å². The van der Waals surface area contributed by atoms with E-state index in [0.717, 1.165) is 10.0 Å². The molecule has 0 radical (unpaired) electrons. The first kappa shape index (κ1) is 10.2. The van der Waals surface area contributed by atoms with Gasteiger partial charge in [0.2, 0.25) is 0 Å². The third-order valence-electron chi connectivity index (χ3n) is 1.89. The highest BCUT2D eigenvalue weighted by Crippen LogP contribution is 2.21. The smallest absolute Gasteiger partial charge is 0.0992 e. The van der Waals surface area contributed by atoms with Crippen LogP contribution < -0.4 is 0 Å². The van der Waals surface area contributed by atoms with Crippen LogP contribution in [-0.2, 0) is 0 Å². The molecule has 1 N–H and O–H groups in total. The van der Waals surface area contributed by atoms with Crippen molar-refractivity contribution >= 4 is 15.9 Å². The Balaban J connectivity index is 3.10. The molecule has 1 rings (SSSR count). The fraction of sp³-hybridized carbons (Fsp3) is 0.300. The quantitative estimate of drug-likeness (QED) is 0.862. The lowest BCUT2D eigenvalue weighted by Crippen LogP contribution is -1.99. The van der Waals surface area contributed by atoms with E-state index in [9.17, 15) is 0 Å². The van der Waals surface area contributed by atoms with Gasteiger partial charge in [-0.05, 0) is 23.8 Å². The second kappa shape index (κ2) is 4.40. The van der Waals surface area contributed by atoms with Crippen molar-refractivity contribution in [2.75, 3.05) is 6.61 Å². The number of benzene rings is 1. The average molecular weight is 240 g/mol. The summed E-state index contributed by atoms with van der Waals surface area (Å²) in [6.45, 7) is 2.02. The van der Waals surface area contributed by atoms with Gasteiger partial charge in [-0.2, -0.15) is 5.26 Å². The number of aliphatic hydroxyl groups excluding tert-OH is 1. The lowest BCUT2D eigenvalue weighted by atomic mass is 10.0. The van der Waals surface area contributed by atoms with Crippen LogP contribution in [0.15, 0.2) is 22.7 Å². The molecule has 0 aliphatic heterocycles. The van der Waals surface area contributed by atoms with E-state index >= 15 is 0 Å². The van der Waals surface area contributed by atoms with Gasteiger partial charge in [0, 0.05) is 17.0 Å². The van der Waals surface area contributed by atoms with Crippen molar-refractivity contribution in [2.45, 2.75) is 12.8 Å². The zero-order chi connectivity index (χ0) is 9.84. The Labute approximate surface area is 85.9 Å². The lowest BCUT2D eigenvalue weighted by Gasteiger charge is -2.08. The molecule has 1 atom stereocenters. The van der Waals surface area contributed by atoms with Crippen LogP contribution in [0, 0.1) is 11.3 Å². The summed E-state index contributed by atoms with van der Waals surface area (Å²) < 4.78 is 0.877. The molecule has 0 aromatic heterocycles. The summed E-state index contributed by atoms with van der Waals surface area (Å²) in [6.07, 6.45) is 0. The Kier molecular flexibility index (Phi) is 3.47. The minimum absolute atomic E-state index is 0.0737. The molecule has 0 amide bonds. The van der Waals surface area contributed by atoms with Crippen molar-refractivity contribution in [1.29, 1.82) is 5.26 Å². The summed E-state index contributed by atoms with van der Waals surface area (Å²) in [4.78, 5) is 0. The van der Waals surface area contributed by atoms with E-state index in [2.05, 4.69) is 22.0 Å². The molecule has 0 spiro atoms. The molecule has 0 saturated heterocycles. The largest absolute Gasteiger partial charge is 0.396 e. The SMILES string of the molecule is CC(CO)c1cc(Br)cc(C#N)c1. The molecule has 1 aromatic carbocycles. The van der Waals surface area contributed by atoms with E-state index in [1.165, 1.54) is 0 Å². The van der Waals surface area contributed by atoms with Crippen molar-refractivity contribution in [1.82, 2.24) is 0 Å². The molecule has 0 saturated carbocycles. The van der Waals surface area contributed by atoms with Gasteiger partial charge in [0.05, 0.1) is 11.6 Å². The number of rotatable bonds is 2. The standard InChI is InChI=1S/C10H10BrNO/c1-7(6-13)9-2-8(5-12)3-10(11)4-9/h2-4,7,13H,6H2,1H3. The summed E-state index contributed by atoms with van der Waals surface area (Å²) in [5.74, 6) is 0.0737. The number of halogens is 1. The number of aliphatic hydroxyl groups is 1. The van der Waals surface area contributed by atoms with E-state index in [4.69, 9.17) is 10.4 Å². The highest BCUT2D eigenvalue weighted by Gasteiger charge is 2.05. The second-order valence-corrected chi connectivity index (χ2v) is 3.88. The van der Waals surface area contributed by atoms with Gasteiger partial charge in [-0.15, -0.1) is 0 Å². The molecule has 0 fully saturated rings. The molecule has 1 unspecified atom stereocenters. The molecular weight excluding hydrogens is 230 g/mol. The molecule has 2 nitrogen and oxygen atoms in total. The monoisotopic (exact) mass is 239 g/mol. The summed E-state index contributed by atoms with van der Waals surface area (Å²) in [5.41, 5.74) is 1.60. The van der Waals surface area contributed by atoms with Crippen LogP contribution in [0.5, 0.6) is 0 Å². The molecule has 0 heterocycles. The highest BCUT2D eigenvalue weighted by molar-refractivity contribution is 9.10. The molecular formula is C10H10BrNO. The van der Waals surface area contributed by atoms with Gasteiger partial charge in [0.25, 0.3) is 0 Å². The normalized spacial score (nSPS) is 12.2. The van der Waals surface area contributed by atoms with E-state index < -0.39 is 0 Å². The predicted molar refractivity (Wildman–Crippen MR) is 54.4 cm³/mol. The van der Waals surface area contributed by atoms with Crippen molar-refractivity contribution in [3.8, 4) is 6.07 Å². The van der Waals surface area contributed by atoms with Gasteiger partial charge in [-0.3, -0.25) is 0 Å². The van der Waals surface area contributed by atoms with Gasteiger partial charge in [-0.1, -0.05) is 22.9 Å². The van der Waals surface area contributed by atoms with Crippen molar-refractivity contribution in [3.63, 3.8) is 0 Å². The number of hydrogen-bond donors (Lipinski definition) is 1. The van der Waals surface area contributed by atoms with Crippen LogP contribution in [0.1, 0.15) is 24.0 Å². The van der Waals surface area contributed by atoms with Crippen LogP contribution in [-0.4, -0.2) is 11.7 Å². The first-order valence-corrected chi connectivity index (χ1v) is 4.78. The summed E-state index contributed by atoms with van der Waals surface area (Å²) in [5, 5.41) is 17.7. The van der Waals surface area contributed by atoms with Gasteiger partial charge in [-0.25, -0.2) is 0 Å². The van der Waals surface area contributed by atoms with Crippen LogP contribution in [0.3, 0.4) is 0 Å². The van der Waals surface area contributed by atoms with Crippen LogP contribution in [0.4, 0.5) is 0 Å². The van der Waals surface area contributed by atoms with E-state index in [1.807, 2.05) is 13.0 Å². The van der Waals surface area contributed by atoms with Gasteiger partial charge < -0.3 is 5.11 Å². The molecule has 3 heteroatoms. The van der Waals surface area contributed by atoms with Gasteiger partial charge >= 0.3 is 0 Å². The Bertz CT molecular complexity index is 343. The van der Waals surface area contributed by atoms with E-state index in [-0.39, 0.29) is 12.5 Å². The third kappa shape index (κ3) is 2.55. The Morgan fingerprint density at radius 2 is 2.23 bits per heavy atom. The average Bonchev–Trinajstić information content (AvgIpc) is 2.15. The summed E-state index contributed by atoms with van der Waals surface area (Å²) in [7, 11) is 0. The van der Waals surface area contributed by atoms with Crippen LogP contribution in [0.25, 0.3) is 0 Å². The zero-order valence-electron chi connectivity index (χ0n) is 7.29. The maximum absolute atomic E-state index is 8.94. The number of nitriles is 1. The molecule has 0 aliphatic carbocycles. The zero-order valence-corrected chi connectivity index (χ0v) is 8.87. The topological polar surface area (TPSA) is 44.0 Å². The Morgan fingerprint density at radius 1 is 1.54 bits per heavy atom. The number of hydrogen-bond acceptors (Lipinski definition) is 2. The minimum atomic E-state index is 0.0737. The number of nitrogens with zero attached hydrogens (tertiary/aromatic N) is 1. The van der Waals surface area contributed by atoms with Crippen molar-refractivity contribution < 1.29 is 5.11 Å². The van der Waals surface area contributed by atoms with E-state index in [0.29, 0.717) is 5.56 Å². The minimum Gasteiger partial charge on any atom is -0.396 e. The van der Waals surface area contributed by atoms with Gasteiger partial charge in [0.1, 0.15) is 0 Å². The van der Waals surface area contributed by atoms with Crippen molar-refractivity contribution in [3.05, 3.63) is 33.8 Å². The fourth-order valence-corrected chi connectivity index (χ4v) is 1.58. The maximum atomic E-state index is 8.94. The molecule has 13 heavy (non-hydrogen) atoms. The maximum Gasteiger partial charge on any atom is 0.0992 e.